The summed E-state index contributed by atoms with van der Waals surface area (Å²) in [5, 5.41) is 12.2. The molecular weight excluding hydrogens is 666 g/mol. The molecule has 3 aliphatic rings. The van der Waals surface area contributed by atoms with Crippen molar-refractivity contribution in [1.29, 1.82) is 0 Å². The van der Waals surface area contributed by atoms with Gasteiger partial charge in [0.2, 0.25) is 10.0 Å². The first kappa shape index (κ1) is 32.0. The number of rotatable bonds is 11. The molecule has 1 amide bonds. The molecule has 4 atom stereocenters. The van der Waals surface area contributed by atoms with E-state index in [1.807, 2.05) is 24.3 Å². The summed E-state index contributed by atoms with van der Waals surface area (Å²) in [6.45, 7) is -0.110. The average molecular weight is 700 g/mol. The minimum atomic E-state index is -3.92. The van der Waals surface area contributed by atoms with Crippen molar-refractivity contribution in [3.05, 3.63) is 106 Å². The van der Waals surface area contributed by atoms with Crippen molar-refractivity contribution in [1.82, 2.24) is 25.1 Å². The van der Waals surface area contributed by atoms with Crippen molar-refractivity contribution in [2.45, 2.75) is 61.6 Å². The Hall–Kier alpha value is -3.58. The van der Waals surface area contributed by atoms with Gasteiger partial charge < -0.3 is 9.64 Å². The Bertz CT molecular complexity index is 1890. The Morgan fingerprint density at radius 1 is 0.979 bits per heavy atom. The summed E-state index contributed by atoms with van der Waals surface area (Å²) >= 11 is 12.8. The highest BCUT2D eigenvalue weighted by Crippen LogP contribution is 2.49. The fourth-order valence-corrected chi connectivity index (χ4v) is 8.64. The number of para-hydroxylation sites is 1. The van der Waals surface area contributed by atoms with Crippen molar-refractivity contribution in [3.63, 3.8) is 0 Å². The quantitative estimate of drug-likeness (QED) is 0.198. The Morgan fingerprint density at radius 2 is 1.72 bits per heavy atom. The molecule has 1 saturated heterocycles. The van der Waals surface area contributed by atoms with Gasteiger partial charge in [-0.1, -0.05) is 59.6 Å². The van der Waals surface area contributed by atoms with E-state index in [4.69, 9.17) is 27.9 Å². The summed E-state index contributed by atoms with van der Waals surface area (Å²) in [5.41, 5.74) is 1.46. The van der Waals surface area contributed by atoms with Crippen LogP contribution in [0.25, 0.3) is 0 Å². The molecule has 3 aromatic carbocycles. The fourth-order valence-electron chi connectivity index (χ4n) is 6.44. The number of hydrogen-bond acceptors (Lipinski definition) is 7. The lowest BCUT2D eigenvalue weighted by Gasteiger charge is -2.49. The summed E-state index contributed by atoms with van der Waals surface area (Å²) in [6.07, 6.45) is 0.968. The van der Waals surface area contributed by atoms with Crippen LogP contribution in [0.4, 0.5) is 10.1 Å². The number of nitrogens with zero attached hydrogens (tertiary/aromatic N) is 6. The lowest BCUT2D eigenvalue weighted by atomic mass is 9.89. The van der Waals surface area contributed by atoms with Crippen LogP contribution >= 0.6 is 23.2 Å². The van der Waals surface area contributed by atoms with E-state index in [-0.39, 0.29) is 30.5 Å². The Balaban J connectivity index is 1.38. The summed E-state index contributed by atoms with van der Waals surface area (Å²) < 4.78 is 52.8. The molecule has 14 heteroatoms. The molecule has 0 bridgehead atoms. The van der Waals surface area contributed by atoms with E-state index in [1.54, 1.807) is 42.3 Å². The summed E-state index contributed by atoms with van der Waals surface area (Å²) in [6, 6.07) is 19.1. The second kappa shape index (κ2) is 12.8. The number of hydrogen-bond donors (Lipinski definition) is 0. The second-order valence-electron chi connectivity index (χ2n) is 12.4. The molecule has 3 fully saturated rings. The van der Waals surface area contributed by atoms with Gasteiger partial charge in [0.1, 0.15) is 18.0 Å². The van der Waals surface area contributed by atoms with Gasteiger partial charge in [0.05, 0.1) is 29.6 Å². The molecule has 2 saturated carbocycles. The van der Waals surface area contributed by atoms with E-state index in [2.05, 4.69) is 15.5 Å². The number of sulfonamides is 1. The number of tetrazole rings is 1. The van der Waals surface area contributed by atoms with Crippen LogP contribution in [-0.2, 0) is 33.0 Å². The van der Waals surface area contributed by atoms with Crippen molar-refractivity contribution >= 4 is 44.8 Å². The van der Waals surface area contributed by atoms with Crippen LogP contribution in [0.2, 0.25) is 10.0 Å². The fraction of sp³-hybridized carbons (Fsp3) is 0.394. The molecule has 1 aliphatic heterocycles. The van der Waals surface area contributed by atoms with Gasteiger partial charge in [0.25, 0.3) is 5.91 Å². The monoisotopic (exact) mass is 698 g/mol. The SMILES string of the molecule is Cn1nnnc1C[C@H]1O[C@@H](c2cccc(Cl)c2)[C@@H](c2ccc(Cl)cc2)N(C(CN(c2ccccc2F)S(=O)(=O)C2CC2)C2CC2)C1=O. The van der Waals surface area contributed by atoms with Gasteiger partial charge >= 0.3 is 0 Å². The lowest BCUT2D eigenvalue weighted by molar-refractivity contribution is -0.180. The molecule has 2 heterocycles. The van der Waals surface area contributed by atoms with Gasteiger partial charge in [0, 0.05) is 23.5 Å². The Labute approximate surface area is 282 Å². The number of morpholine rings is 1. The van der Waals surface area contributed by atoms with E-state index in [9.17, 15) is 13.2 Å². The maximum Gasteiger partial charge on any atom is 0.253 e. The molecule has 2 aliphatic carbocycles. The molecule has 4 aromatic rings. The lowest BCUT2D eigenvalue weighted by Crippen LogP contribution is -2.59. The van der Waals surface area contributed by atoms with Crippen LogP contribution in [0.15, 0.2) is 72.8 Å². The smallest absolute Gasteiger partial charge is 0.253 e. The van der Waals surface area contributed by atoms with Crippen molar-refractivity contribution in [3.8, 4) is 0 Å². The first-order valence-corrected chi connectivity index (χ1v) is 17.8. The highest BCUT2D eigenvalue weighted by atomic mass is 35.5. The Kier molecular flexibility index (Phi) is 8.71. The zero-order valence-electron chi connectivity index (χ0n) is 25.5. The molecule has 7 rings (SSSR count). The molecule has 0 radical (unpaired) electrons. The molecule has 0 N–H and O–H groups in total. The van der Waals surface area contributed by atoms with Crippen LogP contribution in [0.1, 0.15) is 54.8 Å². The molecular formula is C33H33Cl2FN6O4S. The Morgan fingerprint density at radius 3 is 2.36 bits per heavy atom. The first-order chi connectivity index (χ1) is 22.6. The molecule has 246 valence electrons. The van der Waals surface area contributed by atoms with Crippen molar-refractivity contribution < 1.29 is 22.3 Å². The maximum atomic E-state index is 15.4. The number of benzene rings is 3. The third kappa shape index (κ3) is 6.48. The zero-order chi connectivity index (χ0) is 32.9. The highest BCUT2D eigenvalue weighted by molar-refractivity contribution is 7.93. The van der Waals surface area contributed by atoms with E-state index in [1.165, 1.54) is 27.2 Å². The topological polar surface area (TPSA) is 111 Å². The predicted octanol–water partition coefficient (Wildman–Crippen LogP) is 5.69. The van der Waals surface area contributed by atoms with Crippen LogP contribution in [-0.4, -0.2) is 63.4 Å². The van der Waals surface area contributed by atoms with Crippen molar-refractivity contribution in [2.75, 3.05) is 10.8 Å². The van der Waals surface area contributed by atoms with Gasteiger partial charge in [-0.25, -0.2) is 17.5 Å². The van der Waals surface area contributed by atoms with Crippen LogP contribution in [0, 0.1) is 11.7 Å². The van der Waals surface area contributed by atoms with Gasteiger partial charge in [-0.3, -0.25) is 9.10 Å². The van der Waals surface area contributed by atoms with Gasteiger partial charge in [0.15, 0.2) is 5.82 Å². The molecule has 47 heavy (non-hydrogen) atoms. The van der Waals surface area contributed by atoms with E-state index < -0.39 is 45.4 Å². The normalized spacial score (nSPS) is 22.3. The van der Waals surface area contributed by atoms with Gasteiger partial charge in [-0.15, -0.1) is 5.10 Å². The van der Waals surface area contributed by atoms with Crippen LogP contribution in [0.5, 0.6) is 0 Å². The number of carbonyl (C=O) groups is 1. The maximum absolute atomic E-state index is 15.4. The largest absolute Gasteiger partial charge is 0.357 e. The number of carbonyl (C=O) groups excluding carboxylic acids is 1. The molecule has 10 nitrogen and oxygen atoms in total. The zero-order valence-corrected chi connectivity index (χ0v) is 27.8. The van der Waals surface area contributed by atoms with Crippen molar-refractivity contribution in [2.24, 2.45) is 13.0 Å². The number of aryl methyl sites for hydroxylation is 1. The summed E-state index contributed by atoms with van der Waals surface area (Å²) in [7, 11) is -2.23. The molecule has 1 unspecified atom stereocenters. The van der Waals surface area contributed by atoms with Gasteiger partial charge in [-0.2, -0.15) is 0 Å². The highest BCUT2D eigenvalue weighted by Gasteiger charge is 2.52. The minimum absolute atomic E-state index is 0.0207. The summed E-state index contributed by atoms with van der Waals surface area (Å²) in [4.78, 5) is 16.6. The number of amides is 1. The van der Waals surface area contributed by atoms with E-state index in [0.29, 0.717) is 28.7 Å². The van der Waals surface area contributed by atoms with Crippen LogP contribution < -0.4 is 4.31 Å². The third-order valence-corrected chi connectivity index (χ3v) is 11.9. The average Bonchev–Trinajstić information content (AvgIpc) is 3.98. The molecule has 0 spiro atoms. The standard InChI is InChI=1S/C33H33Cl2FN6O4S/c1-40-30(37-38-39-40)18-29-33(43)42(31(21-11-13-23(34)14-12-21)32(46-29)22-5-4-6-24(35)17-22)28(20-9-10-20)19-41(47(44,45)25-15-16-25)27-8-3-2-7-26(27)36/h2-8,11-14,17,20,25,28-29,31-32H,9-10,15-16,18-19H2,1H3/t28?,29-,31-,32+/m1/s1. The number of aromatic nitrogens is 4. The van der Waals surface area contributed by atoms with Crippen LogP contribution in [0.3, 0.4) is 0 Å². The number of ether oxygens (including phenoxy) is 1. The third-order valence-electron chi connectivity index (χ3n) is 9.14. The minimum Gasteiger partial charge on any atom is -0.357 e. The number of anilines is 1. The predicted molar refractivity (Wildman–Crippen MR) is 175 cm³/mol. The van der Waals surface area contributed by atoms with E-state index >= 15 is 4.39 Å². The molecule has 1 aromatic heterocycles. The first-order valence-electron chi connectivity index (χ1n) is 15.6. The van der Waals surface area contributed by atoms with E-state index in [0.717, 1.165) is 24.0 Å². The second-order valence-corrected chi connectivity index (χ2v) is 15.4. The van der Waals surface area contributed by atoms with Gasteiger partial charge in [-0.05, 0) is 89.6 Å². The number of halogens is 3. The summed E-state index contributed by atoms with van der Waals surface area (Å²) in [5.74, 6) is -0.545.